The molecule has 3 atom stereocenters. The lowest BCUT2D eigenvalue weighted by Gasteiger charge is -2.18. The van der Waals surface area contributed by atoms with Gasteiger partial charge in [-0.25, -0.2) is 0 Å². The van der Waals surface area contributed by atoms with Crippen molar-refractivity contribution in [2.24, 2.45) is 0 Å². The number of benzene rings is 2. The largest absolute Gasteiger partial charge is 0.373 e. The first-order valence-electron chi connectivity index (χ1n) is 13.1. The van der Waals surface area contributed by atoms with Crippen LogP contribution < -0.4 is 10.6 Å². The molecule has 10 nitrogen and oxygen atoms in total. The first-order chi connectivity index (χ1) is 19.5. The Bertz CT molecular complexity index is 1580. The summed E-state index contributed by atoms with van der Waals surface area (Å²) in [7, 11) is 0. The fourth-order valence-electron chi connectivity index (χ4n) is 5.26. The Morgan fingerprint density at radius 2 is 1.40 bits per heavy atom. The summed E-state index contributed by atoms with van der Waals surface area (Å²) in [6, 6.07) is 14.6. The molecule has 1 amide bonds. The second-order valence-electron chi connectivity index (χ2n) is 9.88. The number of Topliss-reactive ketones (excluding diaryl/α,β-unsaturated/α-hetero) is 2. The summed E-state index contributed by atoms with van der Waals surface area (Å²) >= 11 is 2.73. The molecule has 204 valence electrons. The fraction of sp³-hybridized carbons (Fsp3) is 0.321. The molecule has 40 heavy (non-hydrogen) atoms. The van der Waals surface area contributed by atoms with Crippen LogP contribution in [0.15, 0.2) is 48.5 Å². The Morgan fingerprint density at radius 1 is 0.825 bits per heavy atom. The van der Waals surface area contributed by atoms with Gasteiger partial charge in [0.05, 0.1) is 5.92 Å². The number of hydrogen-bond acceptors (Lipinski definition) is 11. The zero-order chi connectivity index (χ0) is 27.6. The molecule has 0 saturated carbocycles. The van der Waals surface area contributed by atoms with Crippen LogP contribution in [0, 0.1) is 0 Å². The van der Waals surface area contributed by atoms with Crippen molar-refractivity contribution >= 4 is 50.4 Å². The molecule has 2 aromatic carbocycles. The predicted octanol–water partition coefficient (Wildman–Crippen LogP) is 4.36. The SMILES string of the molecule is O=C1CC(C(=O)Nc2nnc(CCCCc3nnc(NC(O)C4CC(=O)c5ccccc54)s3)s2)c2ccccc21. The van der Waals surface area contributed by atoms with Crippen molar-refractivity contribution in [3.8, 4) is 0 Å². The highest BCUT2D eigenvalue weighted by Crippen LogP contribution is 2.36. The number of anilines is 2. The highest BCUT2D eigenvalue weighted by molar-refractivity contribution is 7.15. The average Bonchev–Trinajstić information content (AvgIpc) is 3.74. The number of fused-ring (bicyclic) bond motifs is 2. The molecule has 6 rings (SSSR count). The van der Waals surface area contributed by atoms with E-state index in [4.69, 9.17) is 0 Å². The van der Waals surface area contributed by atoms with Gasteiger partial charge in [-0.2, -0.15) is 0 Å². The summed E-state index contributed by atoms with van der Waals surface area (Å²) in [5, 5.41) is 35.9. The number of rotatable bonds is 10. The van der Waals surface area contributed by atoms with Crippen molar-refractivity contribution < 1.29 is 19.5 Å². The quantitative estimate of drug-likeness (QED) is 0.186. The molecule has 2 aromatic heterocycles. The molecule has 0 bridgehead atoms. The molecule has 0 fully saturated rings. The number of aliphatic hydroxyl groups is 1. The number of unbranched alkanes of at least 4 members (excludes halogenated alkanes) is 1. The van der Waals surface area contributed by atoms with E-state index in [-0.39, 0.29) is 36.2 Å². The monoisotopic (exact) mass is 574 g/mol. The van der Waals surface area contributed by atoms with Gasteiger partial charge in [0.25, 0.3) is 0 Å². The summed E-state index contributed by atoms with van der Waals surface area (Å²) in [6.45, 7) is 0. The van der Waals surface area contributed by atoms with E-state index in [0.29, 0.717) is 21.4 Å². The number of aliphatic hydroxyl groups excluding tert-OH is 1. The van der Waals surface area contributed by atoms with E-state index < -0.39 is 12.1 Å². The van der Waals surface area contributed by atoms with Gasteiger partial charge >= 0.3 is 0 Å². The molecule has 0 radical (unpaired) electrons. The van der Waals surface area contributed by atoms with Crippen molar-refractivity contribution in [2.75, 3.05) is 10.6 Å². The molecule has 2 aliphatic carbocycles. The smallest absolute Gasteiger partial charge is 0.234 e. The summed E-state index contributed by atoms with van der Waals surface area (Å²) in [6.07, 6.45) is 2.69. The molecule has 0 saturated heterocycles. The molecule has 0 spiro atoms. The number of carbonyl (C=O) groups is 3. The normalized spacial score (nSPS) is 18.4. The van der Waals surface area contributed by atoms with Crippen LogP contribution in [0.3, 0.4) is 0 Å². The fourth-order valence-corrected chi connectivity index (χ4v) is 6.86. The van der Waals surface area contributed by atoms with Gasteiger partial charge in [-0.15, -0.1) is 20.4 Å². The number of carbonyl (C=O) groups excluding carboxylic acids is 3. The van der Waals surface area contributed by atoms with Crippen molar-refractivity contribution in [2.45, 2.75) is 56.6 Å². The van der Waals surface area contributed by atoms with Crippen LogP contribution in [0.2, 0.25) is 0 Å². The van der Waals surface area contributed by atoms with Gasteiger partial charge < -0.3 is 10.4 Å². The number of ketones is 2. The Hall–Kier alpha value is -3.87. The molecule has 12 heteroatoms. The minimum Gasteiger partial charge on any atom is -0.373 e. The molecule has 3 unspecified atom stereocenters. The van der Waals surface area contributed by atoms with Gasteiger partial charge in [0.2, 0.25) is 16.2 Å². The third kappa shape index (κ3) is 5.42. The number of amides is 1. The van der Waals surface area contributed by atoms with Crippen LogP contribution in [0.5, 0.6) is 0 Å². The summed E-state index contributed by atoms with van der Waals surface area (Å²) in [5.41, 5.74) is 2.91. The number of hydrogen-bond donors (Lipinski definition) is 3. The lowest BCUT2D eigenvalue weighted by Crippen LogP contribution is -2.26. The van der Waals surface area contributed by atoms with E-state index in [1.54, 1.807) is 18.2 Å². The van der Waals surface area contributed by atoms with E-state index in [0.717, 1.165) is 46.8 Å². The Labute approximate surface area is 237 Å². The third-order valence-corrected chi connectivity index (χ3v) is 9.07. The van der Waals surface area contributed by atoms with Gasteiger partial charge in [-0.3, -0.25) is 19.7 Å². The van der Waals surface area contributed by atoms with Crippen LogP contribution in [-0.4, -0.2) is 49.2 Å². The average molecular weight is 575 g/mol. The van der Waals surface area contributed by atoms with Crippen LogP contribution in [0.25, 0.3) is 0 Å². The van der Waals surface area contributed by atoms with Gasteiger partial charge in [0, 0.05) is 42.7 Å². The predicted molar refractivity (Wildman–Crippen MR) is 151 cm³/mol. The van der Waals surface area contributed by atoms with E-state index in [9.17, 15) is 19.5 Å². The number of nitrogens with one attached hydrogen (secondary N) is 2. The number of aromatic nitrogens is 4. The minimum atomic E-state index is -0.926. The van der Waals surface area contributed by atoms with Crippen LogP contribution in [-0.2, 0) is 17.6 Å². The maximum absolute atomic E-state index is 12.8. The Morgan fingerprint density at radius 3 is 2.12 bits per heavy atom. The molecule has 4 aromatic rings. The van der Waals surface area contributed by atoms with Crippen molar-refractivity contribution in [3.63, 3.8) is 0 Å². The summed E-state index contributed by atoms with van der Waals surface area (Å²) < 4.78 is 0. The lowest BCUT2D eigenvalue weighted by atomic mass is 10.00. The maximum Gasteiger partial charge on any atom is 0.234 e. The van der Waals surface area contributed by atoms with E-state index in [1.807, 2.05) is 30.3 Å². The first kappa shape index (κ1) is 26.4. The number of nitrogens with zero attached hydrogens (tertiary/aromatic N) is 4. The summed E-state index contributed by atoms with van der Waals surface area (Å²) in [4.78, 5) is 37.2. The Balaban J connectivity index is 0.951. The topological polar surface area (TPSA) is 147 Å². The van der Waals surface area contributed by atoms with Crippen LogP contribution in [0.1, 0.15) is 79.4 Å². The first-order valence-corrected chi connectivity index (χ1v) is 14.7. The summed E-state index contributed by atoms with van der Waals surface area (Å²) in [5.74, 6) is -1.02. The van der Waals surface area contributed by atoms with E-state index in [1.165, 1.54) is 22.7 Å². The van der Waals surface area contributed by atoms with E-state index in [2.05, 4.69) is 31.0 Å². The molecular formula is C28H26N6O4S2. The molecular weight excluding hydrogens is 548 g/mol. The van der Waals surface area contributed by atoms with Crippen molar-refractivity contribution in [3.05, 3.63) is 80.8 Å². The molecule has 0 aliphatic heterocycles. The van der Waals surface area contributed by atoms with Gasteiger partial charge in [-0.1, -0.05) is 71.2 Å². The highest BCUT2D eigenvalue weighted by atomic mass is 32.1. The zero-order valence-electron chi connectivity index (χ0n) is 21.4. The molecule has 2 aliphatic rings. The molecule has 2 heterocycles. The lowest BCUT2D eigenvalue weighted by molar-refractivity contribution is -0.117. The van der Waals surface area contributed by atoms with Crippen molar-refractivity contribution in [1.82, 2.24) is 20.4 Å². The second-order valence-corrected chi connectivity index (χ2v) is 12.0. The second kappa shape index (κ2) is 11.3. The third-order valence-electron chi connectivity index (χ3n) is 7.26. The standard InChI is InChI=1S/C28H26N6O4S2/c35-21-13-19(15-7-1-3-9-17(15)21)25(37)29-27-33-31-23(39-27)11-5-6-12-24-32-34-28(40-24)30-26(38)20-14-22(36)18-10-4-2-8-16(18)20/h1-4,7-10,19-20,25,37H,5-6,11-14H2,(H,29,33)(H,30,34,38). The van der Waals surface area contributed by atoms with Gasteiger partial charge in [-0.05, 0) is 24.0 Å². The Kier molecular flexibility index (Phi) is 7.46. The minimum absolute atomic E-state index is 0.0145. The highest BCUT2D eigenvalue weighted by Gasteiger charge is 2.35. The van der Waals surface area contributed by atoms with Gasteiger partial charge in [0.15, 0.2) is 11.6 Å². The van der Waals surface area contributed by atoms with Crippen LogP contribution in [0.4, 0.5) is 10.3 Å². The van der Waals surface area contributed by atoms with Crippen molar-refractivity contribution in [1.29, 1.82) is 0 Å². The van der Waals surface area contributed by atoms with Crippen LogP contribution >= 0.6 is 22.7 Å². The zero-order valence-corrected chi connectivity index (χ0v) is 23.0. The maximum atomic E-state index is 12.8. The van der Waals surface area contributed by atoms with Gasteiger partial charge in [0.1, 0.15) is 16.2 Å². The molecule has 3 N–H and O–H groups in total. The number of aryl methyl sites for hydroxylation is 2. The van der Waals surface area contributed by atoms with E-state index >= 15 is 0 Å².